The van der Waals surface area contributed by atoms with E-state index in [0.29, 0.717) is 12.8 Å². The first kappa shape index (κ1) is 21.3. The van der Waals surface area contributed by atoms with Crippen LogP contribution in [0.25, 0.3) is 10.9 Å². The van der Waals surface area contributed by atoms with Gasteiger partial charge in [0.15, 0.2) is 5.69 Å². The number of amides is 1. The Morgan fingerprint density at radius 3 is 2.66 bits per heavy atom. The molecule has 0 saturated heterocycles. The molecule has 8 heteroatoms. The number of hydrogen-bond donors (Lipinski definition) is 3. The number of nitrogens with two attached hydrogens (primary N) is 1. The molecule has 0 fully saturated rings. The number of nitrogens with zero attached hydrogens (tertiary/aromatic N) is 1. The topological polar surface area (TPSA) is 123 Å². The summed E-state index contributed by atoms with van der Waals surface area (Å²) in [5.41, 5.74) is 9.29. The summed E-state index contributed by atoms with van der Waals surface area (Å²) in [5.74, 6) is -0.828. The molecule has 0 bridgehead atoms. The van der Waals surface area contributed by atoms with Crippen LogP contribution in [0.15, 0.2) is 71.5 Å². The number of H-pyrrole nitrogens is 1. The highest BCUT2D eigenvalue weighted by atomic mass is 16.5. The molecule has 8 nitrogen and oxygen atoms in total. The van der Waals surface area contributed by atoms with Crippen molar-refractivity contribution in [2.45, 2.75) is 24.9 Å². The second-order valence-electron chi connectivity index (χ2n) is 7.48. The SMILES string of the molecule is COC(=O)C(Cc1ccccc1)NC(=O)c1coc(C(N)Cc2c[nH]c3ccccc23)n1. The van der Waals surface area contributed by atoms with Gasteiger partial charge in [0.05, 0.1) is 13.2 Å². The van der Waals surface area contributed by atoms with Gasteiger partial charge in [0.25, 0.3) is 5.91 Å². The molecule has 0 aliphatic heterocycles. The highest BCUT2D eigenvalue weighted by molar-refractivity contribution is 5.95. The van der Waals surface area contributed by atoms with Crippen LogP contribution in [-0.2, 0) is 22.4 Å². The van der Waals surface area contributed by atoms with Crippen molar-refractivity contribution < 1.29 is 18.7 Å². The van der Waals surface area contributed by atoms with Crippen LogP contribution in [0.2, 0.25) is 0 Å². The molecule has 0 radical (unpaired) electrons. The predicted molar refractivity (Wildman–Crippen MR) is 119 cm³/mol. The summed E-state index contributed by atoms with van der Waals surface area (Å²) in [4.78, 5) is 32.3. The fourth-order valence-corrected chi connectivity index (χ4v) is 3.60. The van der Waals surface area contributed by atoms with Crippen LogP contribution in [0.5, 0.6) is 0 Å². The van der Waals surface area contributed by atoms with Gasteiger partial charge < -0.3 is 25.2 Å². The second kappa shape index (κ2) is 9.49. The summed E-state index contributed by atoms with van der Waals surface area (Å²) in [6.45, 7) is 0. The monoisotopic (exact) mass is 432 g/mol. The lowest BCUT2D eigenvalue weighted by Crippen LogP contribution is -2.43. The minimum absolute atomic E-state index is 0.0522. The van der Waals surface area contributed by atoms with E-state index in [-0.39, 0.29) is 11.6 Å². The number of fused-ring (bicyclic) bond motifs is 1. The summed E-state index contributed by atoms with van der Waals surface area (Å²) in [7, 11) is 1.28. The van der Waals surface area contributed by atoms with E-state index in [4.69, 9.17) is 14.9 Å². The molecule has 4 N–H and O–H groups in total. The first-order valence-corrected chi connectivity index (χ1v) is 10.2. The number of aromatic nitrogens is 2. The van der Waals surface area contributed by atoms with E-state index in [9.17, 15) is 9.59 Å². The standard InChI is InChI=1S/C24H24N4O4/c1-31-24(30)20(11-15-7-3-2-4-8-15)27-22(29)21-14-32-23(28-21)18(25)12-16-13-26-19-10-6-5-9-17(16)19/h2-10,13-14,18,20,26H,11-12,25H2,1H3,(H,27,29). The Bertz CT molecular complexity index is 1210. The Hall–Kier alpha value is -3.91. The molecule has 0 saturated carbocycles. The lowest BCUT2D eigenvalue weighted by atomic mass is 10.1. The Morgan fingerprint density at radius 1 is 1.12 bits per heavy atom. The molecule has 2 aromatic carbocycles. The smallest absolute Gasteiger partial charge is 0.328 e. The highest BCUT2D eigenvalue weighted by Crippen LogP contribution is 2.23. The largest absolute Gasteiger partial charge is 0.467 e. The molecular weight excluding hydrogens is 408 g/mol. The molecule has 2 atom stereocenters. The first-order chi connectivity index (χ1) is 15.5. The summed E-state index contributed by atoms with van der Waals surface area (Å²) in [6, 6.07) is 15.9. The number of methoxy groups -OCH3 is 1. The number of hydrogen-bond acceptors (Lipinski definition) is 6. The van der Waals surface area contributed by atoms with Crippen LogP contribution in [0.1, 0.15) is 33.5 Å². The Morgan fingerprint density at radius 2 is 1.88 bits per heavy atom. The van der Waals surface area contributed by atoms with Gasteiger partial charge in [0, 0.05) is 23.5 Å². The van der Waals surface area contributed by atoms with E-state index in [1.54, 1.807) is 0 Å². The molecule has 164 valence electrons. The Kier molecular flexibility index (Phi) is 6.32. The quantitative estimate of drug-likeness (QED) is 0.368. The molecule has 32 heavy (non-hydrogen) atoms. The molecule has 2 aromatic heterocycles. The maximum absolute atomic E-state index is 12.7. The minimum Gasteiger partial charge on any atom is -0.467 e. The average molecular weight is 432 g/mol. The fraction of sp³-hybridized carbons (Fsp3) is 0.208. The van der Waals surface area contributed by atoms with Gasteiger partial charge in [-0.05, 0) is 23.6 Å². The average Bonchev–Trinajstić information content (AvgIpc) is 3.47. The van der Waals surface area contributed by atoms with E-state index in [1.165, 1.54) is 13.4 Å². The maximum Gasteiger partial charge on any atom is 0.328 e. The van der Waals surface area contributed by atoms with Crippen molar-refractivity contribution >= 4 is 22.8 Å². The highest BCUT2D eigenvalue weighted by Gasteiger charge is 2.25. The van der Waals surface area contributed by atoms with Gasteiger partial charge in [-0.15, -0.1) is 0 Å². The summed E-state index contributed by atoms with van der Waals surface area (Å²) < 4.78 is 10.3. The van der Waals surface area contributed by atoms with Crippen LogP contribution in [0.3, 0.4) is 0 Å². The molecule has 0 aliphatic carbocycles. The number of benzene rings is 2. The van der Waals surface area contributed by atoms with E-state index >= 15 is 0 Å². The first-order valence-electron chi connectivity index (χ1n) is 10.2. The maximum atomic E-state index is 12.7. The molecule has 4 rings (SSSR count). The Balaban J connectivity index is 1.44. The molecule has 0 aliphatic rings. The Labute approximate surface area is 184 Å². The third-order valence-electron chi connectivity index (χ3n) is 5.26. The van der Waals surface area contributed by atoms with Crippen molar-refractivity contribution in [1.29, 1.82) is 0 Å². The van der Waals surface area contributed by atoms with Crippen molar-refractivity contribution in [3.05, 3.63) is 89.8 Å². The summed E-state index contributed by atoms with van der Waals surface area (Å²) >= 11 is 0. The summed E-state index contributed by atoms with van der Waals surface area (Å²) in [5, 5.41) is 3.75. The zero-order chi connectivity index (χ0) is 22.5. The van der Waals surface area contributed by atoms with Crippen molar-refractivity contribution in [3.63, 3.8) is 0 Å². The number of para-hydroxylation sites is 1. The number of ether oxygens (including phenoxy) is 1. The number of carbonyl (C=O) groups is 2. The van der Waals surface area contributed by atoms with Gasteiger partial charge in [0.1, 0.15) is 12.3 Å². The zero-order valence-corrected chi connectivity index (χ0v) is 17.6. The predicted octanol–water partition coefficient (Wildman–Crippen LogP) is 2.91. The third-order valence-corrected chi connectivity index (χ3v) is 5.26. The van der Waals surface area contributed by atoms with Crippen LogP contribution in [-0.4, -0.2) is 35.0 Å². The van der Waals surface area contributed by atoms with Crippen molar-refractivity contribution in [2.24, 2.45) is 5.73 Å². The van der Waals surface area contributed by atoms with E-state index in [0.717, 1.165) is 22.0 Å². The molecular formula is C24H24N4O4. The van der Waals surface area contributed by atoms with Crippen LogP contribution in [0, 0.1) is 0 Å². The molecule has 4 aromatic rings. The third kappa shape index (κ3) is 4.70. The van der Waals surface area contributed by atoms with E-state index < -0.39 is 24.0 Å². The number of nitrogens with one attached hydrogen (secondary N) is 2. The van der Waals surface area contributed by atoms with Crippen LogP contribution >= 0.6 is 0 Å². The molecule has 0 spiro atoms. The lowest BCUT2D eigenvalue weighted by molar-refractivity contribution is -0.142. The van der Waals surface area contributed by atoms with Gasteiger partial charge in [-0.2, -0.15) is 0 Å². The number of esters is 1. The van der Waals surface area contributed by atoms with Gasteiger partial charge in [0.2, 0.25) is 5.89 Å². The van der Waals surface area contributed by atoms with Crippen LogP contribution < -0.4 is 11.1 Å². The van der Waals surface area contributed by atoms with Gasteiger partial charge in [-0.3, -0.25) is 4.79 Å². The van der Waals surface area contributed by atoms with Crippen molar-refractivity contribution in [1.82, 2.24) is 15.3 Å². The van der Waals surface area contributed by atoms with Crippen LogP contribution in [0.4, 0.5) is 0 Å². The number of carbonyl (C=O) groups excluding carboxylic acids is 2. The van der Waals surface area contributed by atoms with E-state index in [1.807, 2.05) is 60.8 Å². The van der Waals surface area contributed by atoms with Crippen molar-refractivity contribution in [2.75, 3.05) is 7.11 Å². The molecule has 2 heterocycles. The normalized spacial score (nSPS) is 12.9. The summed E-state index contributed by atoms with van der Waals surface area (Å²) in [6.07, 6.45) is 3.94. The number of aromatic amines is 1. The van der Waals surface area contributed by atoms with Gasteiger partial charge in [-0.25, -0.2) is 9.78 Å². The molecule has 2 unspecified atom stereocenters. The van der Waals surface area contributed by atoms with Crippen molar-refractivity contribution in [3.8, 4) is 0 Å². The van der Waals surface area contributed by atoms with E-state index in [2.05, 4.69) is 15.3 Å². The second-order valence-corrected chi connectivity index (χ2v) is 7.48. The van der Waals surface area contributed by atoms with Gasteiger partial charge in [-0.1, -0.05) is 48.5 Å². The zero-order valence-electron chi connectivity index (χ0n) is 17.6. The minimum atomic E-state index is -0.852. The molecule has 1 amide bonds. The van der Waals surface area contributed by atoms with Gasteiger partial charge >= 0.3 is 5.97 Å². The number of oxazole rings is 1. The fourth-order valence-electron chi connectivity index (χ4n) is 3.60. The lowest BCUT2D eigenvalue weighted by Gasteiger charge is -2.15. The number of rotatable bonds is 8.